The Balaban J connectivity index is 1.78. The zero-order chi connectivity index (χ0) is 19.6. The van der Waals surface area contributed by atoms with Crippen molar-refractivity contribution in [3.63, 3.8) is 0 Å². The first-order chi connectivity index (χ1) is 12.8. The van der Waals surface area contributed by atoms with Gasteiger partial charge in [0.05, 0.1) is 0 Å². The first kappa shape index (κ1) is 19.2. The molecule has 1 aliphatic carbocycles. The lowest BCUT2D eigenvalue weighted by atomic mass is 10.00. The minimum absolute atomic E-state index is 0.0881. The van der Waals surface area contributed by atoms with Crippen LogP contribution in [0.5, 0.6) is 5.75 Å². The molecule has 0 bridgehead atoms. The number of halogens is 2. The fourth-order valence-electron chi connectivity index (χ4n) is 2.88. The number of aliphatic hydroxyl groups is 1. The number of benzene rings is 1. The number of allylic oxidation sites excluding steroid dienone is 3. The first-order valence-corrected chi connectivity index (χ1v) is 8.87. The minimum atomic E-state index is -0.707. The maximum Gasteiger partial charge on any atom is 0.267 e. The van der Waals surface area contributed by atoms with Gasteiger partial charge in [-0.1, -0.05) is 6.08 Å². The van der Waals surface area contributed by atoms with Crippen LogP contribution in [0.4, 0.5) is 8.78 Å². The number of pyridine rings is 1. The summed E-state index contributed by atoms with van der Waals surface area (Å²) in [5.41, 5.74) is 0.560. The predicted molar refractivity (Wildman–Crippen MR) is 101 cm³/mol. The van der Waals surface area contributed by atoms with Gasteiger partial charge >= 0.3 is 0 Å². The quantitative estimate of drug-likeness (QED) is 0.747. The van der Waals surface area contributed by atoms with Crippen molar-refractivity contribution in [2.24, 2.45) is 5.92 Å². The number of aromatic nitrogens is 1. The van der Waals surface area contributed by atoms with Crippen molar-refractivity contribution >= 4 is 12.6 Å². The number of aliphatic hydroxyl groups excluding tert-OH is 1. The molecule has 7 heteroatoms. The fourth-order valence-corrected chi connectivity index (χ4v) is 3.13. The lowest BCUT2D eigenvalue weighted by Crippen LogP contribution is -2.27. The number of aryl methyl sites for hydroxylation is 1. The zero-order valence-corrected chi connectivity index (χ0v) is 15.5. The Morgan fingerprint density at radius 3 is 2.78 bits per heavy atom. The molecular weight excluding hydrogens is 372 g/mol. The van der Waals surface area contributed by atoms with Crippen LogP contribution in [0.3, 0.4) is 0 Å². The second-order valence-electron chi connectivity index (χ2n) is 6.42. The Morgan fingerprint density at radius 1 is 1.33 bits per heavy atom. The summed E-state index contributed by atoms with van der Waals surface area (Å²) in [5, 5.41) is 9.40. The smallest absolute Gasteiger partial charge is 0.267 e. The lowest BCUT2D eigenvalue weighted by molar-refractivity contribution is 0.289. The molecule has 0 saturated heterocycles. The molecule has 27 heavy (non-hydrogen) atoms. The average molecular weight is 391 g/mol. The SMILES string of the molecule is Cc1cc(OCc2ccc(F)cc2F)c(S)c(=O)n1CC1C=CC(O)=CC1. The molecule has 1 aromatic carbocycles. The van der Waals surface area contributed by atoms with Gasteiger partial charge in [0.25, 0.3) is 5.56 Å². The van der Waals surface area contributed by atoms with Crippen LogP contribution in [-0.4, -0.2) is 9.67 Å². The highest BCUT2D eigenvalue weighted by molar-refractivity contribution is 7.80. The van der Waals surface area contributed by atoms with E-state index >= 15 is 0 Å². The van der Waals surface area contributed by atoms with Crippen LogP contribution < -0.4 is 10.3 Å². The topological polar surface area (TPSA) is 51.5 Å². The third-order valence-corrected chi connectivity index (χ3v) is 4.84. The molecule has 4 nitrogen and oxygen atoms in total. The average Bonchev–Trinajstić information content (AvgIpc) is 2.63. The van der Waals surface area contributed by atoms with Crippen molar-refractivity contribution in [3.8, 4) is 5.75 Å². The number of hydrogen-bond acceptors (Lipinski definition) is 4. The summed E-state index contributed by atoms with van der Waals surface area (Å²) in [6.45, 7) is 2.09. The van der Waals surface area contributed by atoms with Gasteiger partial charge in [-0.3, -0.25) is 4.79 Å². The Kier molecular flexibility index (Phi) is 5.70. The third-order valence-electron chi connectivity index (χ3n) is 4.43. The molecular formula is C20H19F2NO3S. The van der Waals surface area contributed by atoms with E-state index in [0.717, 1.165) is 12.1 Å². The summed E-state index contributed by atoms with van der Waals surface area (Å²) in [4.78, 5) is 12.8. The Morgan fingerprint density at radius 2 is 2.11 bits per heavy atom. The summed E-state index contributed by atoms with van der Waals surface area (Å²) in [6, 6.07) is 4.91. The molecule has 142 valence electrons. The summed E-state index contributed by atoms with van der Waals surface area (Å²) in [7, 11) is 0. The van der Waals surface area contributed by atoms with Gasteiger partial charge in [-0.25, -0.2) is 8.78 Å². The highest BCUT2D eigenvalue weighted by atomic mass is 32.1. The third kappa shape index (κ3) is 4.42. The van der Waals surface area contributed by atoms with Crippen molar-refractivity contribution in [3.05, 3.63) is 81.5 Å². The van der Waals surface area contributed by atoms with Crippen molar-refractivity contribution in [2.45, 2.75) is 31.4 Å². The van der Waals surface area contributed by atoms with Crippen LogP contribution in [0.15, 0.2) is 57.9 Å². The van der Waals surface area contributed by atoms with Crippen LogP contribution >= 0.6 is 12.6 Å². The maximum absolute atomic E-state index is 13.7. The van der Waals surface area contributed by atoms with Gasteiger partial charge in [0.15, 0.2) is 0 Å². The summed E-state index contributed by atoms with van der Waals surface area (Å²) in [6.07, 6.45) is 5.82. The standard InChI is InChI=1S/C20H19F2NO3S/c1-12-8-18(26-11-14-4-5-15(21)9-17(14)22)19(27)20(25)23(12)10-13-2-6-16(24)7-3-13/h2,4-9,13,24,27H,3,10-11H2,1H3. The molecule has 0 amide bonds. The van der Waals surface area contributed by atoms with E-state index in [1.807, 2.05) is 6.08 Å². The van der Waals surface area contributed by atoms with Gasteiger partial charge < -0.3 is 14.4 Å². The lowest BCUT2D eigenvalue weighted by Gasteiger charge is -2.19. The summed E-state index contributed by atoms with van der Waals surface area (Å²) in [5.74, 6) is -0.810. The molecule has 0 radical (unpaired) electrons. The van der Waals surface area contributed by atoms with Crippen molar-refractivity contribution in [1.29, 1.82) is 0 Å². The number of rotatable bonds is 5. The van der Waals surface area contributed by atoms with Crippen LogP contribution in [0.1, 0.15) is 17.7 Å². The van der Waals surface area contributed by atoms with Crippen LogP contribution in [0.2, 0.25) is 0 Å². The van der Waals surface area contributed by atoms with Gasteiger partial charge in [-0.2, -0.15) is 0 Å². The normalized spacial score (nSPS) is 16.3. The van der Waals surface area contributed by atoms with E-state index in [9.17, 15) is 18.7 Å². The maximum atomic E-state index is 13.7. The van der Waals surface area contributed by atoms with E-state index in [4.69, 9.17) is 4.74 Å². The second-order valence-corrected chi connectivity index (χ2v) is 6.87. The van der Waals surface area contributed by atoms with Crippen LogP contribution in [0.25, 0.3) is 0 Å². The molecule has 0 aliphatic heterocycles. The first-order valence-electron chi connectivity index (χ1n) is 8.42. The molecule has 3 rings (SSSR count). The van der Waals surface area contributed by atoms with Crippen molar-refractivity contribution in [2.75, 3.05) is 0 Å². The van der Waals surface area contributed by atoms with Gasteiger partial charge in [-0.05, 0) is 43.5 Å². The van der Waals surface area contributed by atoms with Gasteiger partial charge in [-0.15, -0.1) is 12.6 Å². The molecule has 0 saturated carbocycles. The van der Waals surface area contributed by atoms with Crippen LogP contribution in [0, 0.1) is 24.5 Å². The largest absolute Gasteiger partial charge is 0.508 e. The highest BCUT2D eigenvalue weighted by Gasteiger charge is 2.16. The van der Waals surface area contributed by atoms with E-state index in [1.54, 1.807) is 29.7 Å². The molecule has 2 aromatic rings. The minimum Gasteiger partial charge on any atom is -0.508 e. The number of hydrogen-bond donors (Lipinski definition) is 2. The molecule has 1 aromatic heterocycles. The van der Waals surface area contributed by atoms with Crippen LogP contribution in [-0.2, 0) is 13.2 Å². The molecule has 0 spiro atoms. The highest BCUT2D eigenvalue weighted by Crippen LogP contribution is 2.24. The van der Waals surface area contributed by atoms with Gasteiger partial charge in [0.1, 0.15) is 34.6 Å². The van der Waals surface area contributed by atoms with Crippen molar-refractivity contribution in [1.82, 2.24) is 4.57 Å². The van der Waals surface area contributed by atoms with E-state index < -0.39 is 11.6 Å². The number of thiol groups is 1. The van der Waals surface area contributed by atoms with E-state index in [0.29, 0.717) is 18.7 Å². The molecule has 1 heterocycles. The summed E-state index contributed by atoms with van der Waals surface area (Å²) < 4.78 is 33.9. The van der Waals surface area contributed by atoms with Gasteiger partial charge in [0, 0.05) is 29.9 Å². The van der Waals surface area contributed by atoms with Gasteiger partial charge in [0.2, 0.25) is 0 Å². The monoisotopic (exact) mass is 391 g/mol. The fraction of sp³-hybridized carbons (Fsp3) is 0.250. The number of nitrogens with zero attached hydrogens (tertiary/aromatic N) is 1. The van der Waals surface area contributed by atoms with E-state index in [2.05, 4.69) is 12.6 Å². The Labute approximate surface area is 160 Å². The second kappa shape index (κ2) is 8.00. The summed E-state index contributed by atoms with van der Waals surface area (Å²) >= 11 is 4.27. The number of ether oxygens (including phenoxy) is 1. The molecule has 1 aliphatic rings. The molecule has 1 atom stereocenters. The predicted octanol–water partition coefficient (Wildman–Crippen LogP) is 4.32. The Bertz CT molecular complexity index is 982. The molecule has 0 fully saturated rings. The van der Waals surface area contributed by atoms with E-state index in [-0.39, 0.29) is 40.1 Å². The zero-order valence-electron chi connectivity index (χ0n) is 14.7. The van der Waals surface area contributed by atoms with Crippen molar-refractivity contribution < 1.29 is 18.6 Å². The van der Waals surface area contributed by atoms with E-state index in [1.165, 1.54) is 6.07 Å². The Hall–Kier alpha value is -2.54. The molecule has 1 unspecified atom stereocenters. The molecule has 1 N–H and O–H groups in total.